The predicted molar refractivity (Wildman–Crippen MR) is 161 cm³/mol. The van der Waals surface area contributed by atoms with Crippen LogP contribution in [0, 0.1) is 0 Å². The van der Waals surface area contributed by atoms with Gasteiger partial charge in [0.25, 0.3) is 0 Å². The Labute approximate surface area is 255 Å². The average molecular weight is 603 g/mol. The van der Waals surface area contributed by atoms with E-state index in [1.807, 2.05) is 0 Å². The highest BCUT2D eigenvalue weighted by atomic mass is 16.6. The van der Waals surface area contributed by atoms with Crippen LogP contribution >= 0.6 is 0 Å². The lowest BCUT2D eigenvalue weighted by Crippen LogP contribution is -2.46. The van der Waals surface area contributed by atoms with Crippen molar-refractivity contribution in [3.8, 4) is 46.0 Å². The average Bonchev–Trinajstić information content (AvgIpc) is 3.32. The van der Waals surface area contributed by atoms with E-state index in [4.69, 9.17) is 37.9 Å². The molecule has 0 spiro atoms. The second-order valence-corrected chi connectivity index (χ2v) is 9.49. The first-order chi connectivity index (χ1) is 21.5. The number of urea groups is 1. The second kappa shape index (κ2) is 14.1. The summed E-state index contributed by atoms with van der Waals surface area (Å²) in [6.07, 6.45) is -1.87. The summed E-state index contributed by atoms with van der Waals surface area (Å²) in [5, 5.41) is 0. The minimum atomic E-state index is -0.935. The highest BCUT2D eigenvalue weighted by molar-refractivity contribution is 5.77. The van der Waals surface area contributed by atoms with Gasteiger partial charge in [-0.15, -0.1) is 0 Å². The van der Waals surface area contributed by atoms with Crippen LogP contribution in [0.2, 0.25) is 0 Å². The standard InChI is InChI=1S/C33H34N2O9/c1-37-23-5-13-27(14-6-23)41-21-34-31(43-29-17-9-25(39-3)10-18-29)32(44-30-19-11-26(40-4)12-20-30)35(33(34)36)22-42-28-15-7-24(38-2)8-16-28/h5-20,31-32H,21-22H2,1-4H3. The van der Waals surface area contributed by atoms with Crippen LogP contribution in [0.15, 0.2) is 97.1 Å². The lowest BCUT2D eigenvalue weighted by atomic mass is 10.3. The summed E-state index contributed by atoms with van der Waals surface area (Å²) in [4.78, 5) is 16.9. The molecule has 4 aromatic rings. The molecular formula is C33H34N2O9. The van der Waals surface area contributed by atoms with Crippen LogP contribution < -0.4 is 37.9 Å². The van der Waals surface area contributed by atoms with Crippen molar-refractivity contribution in [2.75, 3.05) is 41.9 Å². The first-order valence-electron chi connectivity index (χ1n) is 13.7. The van der Waals surface area contributed by atoms with Crippen molar-refractivity contribution in [3.63, 3.8) is 0 Å². The molecule has 0 bridgehead atoms. The summed E-state index contributed by atoms with van der Waals surface area (Å²) in [5.41, 5.74) is 0. The molecule has 230 valence electrons. The molecule has 2 unspecified atom stereocenters. The molecule has 0 radical (unpaired) electrons. The van der Waals surface area contributed by atoms with Crippen molar-refractivity contribution >= 4 is 6.03 Å². The number of carbonyl (C=O) groups is 1. The Bertz CT molecular complexity index is 1370. The van der Waals surface area contributed by atoms with E-state index in [-0.39, 0.29) is 13.5 Å². The summed E-state index contributed by atoms with van der Waals surface area (Å²) in [6, 6.07) is 27.8. The molecule has 1 aliphatic heterocycles. The van der Waals surface area contributed by atoms with Gasteiger partial charge >= 0.3 is 6.03 Å². The van der Waals surface area contributed by atoms with Crippen molar-refractivity contribution in [1.29, 1.82) is 0 Å². The van der Waals surface area contributed by atoms with Crippen molar-refractivity contribution in [3.05, 3.63) is 97.1 Å². The van der Waals surface area contributed by atoms with Gasteiger partial charge in [-0.05, 0) is 97.1 Å². The summed E-state index contributed by atoms with van der Waals surface area (Å²) in [6.45, 7) is -0.263. The van der Waals surface area contributed by atoms with Crippen LogP contribution in [-0.2, 0) is 0 Å². The zero-order valence-electron chi connectivity index (χ0n) is 24.9. The molecular weight excluding hydrogens is 568 g/mol. The third-order valence-electron chi connectivity index (χ3n) is 6.84. The Hall–Kier alpha value is -5.45. The number of carbonyl (C=O) groups excluding carboxylic acids is 1. The quantitative estimate of drug-likeness (QED) is 0.182. The Morgan fingerprint density at radius 3 is 0.955 bits per heavy atom. The molecule has 1 fully saturated rings. The summed E-state index contributed by atoms with van der Waals surface area (Å²) in [7, 11) is 6.35. The van der Waals surface area contributed by atoms with Gasteiger partial charge in [0.05, 0.1) is 28.4 Å². The van der Waals surface area contributed by atoms with Crippen molar-refractivity contribution in [2.45, 2.75) is 12.5 Å². The minimum Gasteiger partial charge on any atom is -0.497 e. The molecule has 0 N–H and O–H groups in total. The number of methoxy groups -OCH3 is 4. The van der Waals surface area contributed by atoms with E-state index in [0.717, 1.165) is 0 Å². The van der Waals surface area contributed by atoms with Gasteiger partial charge < -0.3 is 37.9 Å². The minimum absolute atomic E-state index is 0.131. The van der Waals surface area contributed by atoms with Crippen LogP contribution in [0.5, 0.6) is 46.0 Å². The van der Waals surface area contributed by atoms with E-state index in [1.165, 1.54) is 9.80 Å². The Morgan fingerprint density at radius 2 is 0.682 bits per heavy atom. The zero-order valence-corrected chi connectivity index (χ0v) is 24.9. The number of hydrogen-bond donors (Lipinski definition) is 0. The number of hydrogen-bond acceptors (Lipinski definition) is 9. The first kappa shape index (κ1) is 30.0. The molecule has 0 aliphatic carbocycles. The number of nitrogens with zero attached hydrogens (tertiary/aromatic N) is 2. The van der Waals surface area contributed by atoms with Crippen molar-refractivity contribution in [1.82, 2.24) is 9.80 Å². The SMILES string of the molecule is COc1ccc(OCN2C(=O)N(COc3ccc(OC)cc3)C(Oc3ccc(OC)cc3)C2Oc2ccc(OC)cc2)cc1. The maximum atomic E-state index is 14.0. The summed E-state index contributed by atoms with van der Waals surface area (Å²) >= 11 is 0. The Kier molecular flexibility index (Phi) is 9.65. The van der Waals surface area contributed by atoms with Crippen molar-refractivity contribution < 1.29 is 42.7 Å². The molecule has 2 amide bonds. The van der Waals surface area contributed by atoms with Gasteiger partial charge in [-0.2, -0.15) is 0 Å². The lowest BCUT2D eigenvalue weighted by molar-refractivity contribution is -0.0607. The van der Waals surface area contributed by atoms with Gasteiger partial charge in [-0.25, -0.2) is 14.6 Å². The number of ether oxygens (including phenoxy) is 8. The first-order valence-corrected chi connectivity index (χ1v) is 13.7. The van der Waals surface area contributed by atoms with Gasteiger partial charge in [-0.3, -0.25) is 0 Å². The van der Waals surface area contributed by atoms with E-state index in [1.54, 1.807) is 126 Å². The molecule has 1 saturated heterocycles. The normalized spacial score (nSPS) is 15.9. The van der Waals surface area contributed by atoms with Gasteiger partial charge in [-0.1, -0.05) is 0 Å². The van der Waals surface area contributed by atoms with Crippen LogP contribution in [0.25, 0.3) is 0 Å². The highest BCUT2D eigenvalue weighted by Crippen LogP contribution is 2.31. The molecule has 1 heterocycles. The third-order valence-corrected chi connectivity index (χ3v) is 6.84. The summed E-state index contributed by atoms with van der Waals surface area (Å²) < 4.78 is 45.9. The van der Waals surface area contributed by atoms with Crippen LogP contribution in [0.4, 0.5) is 4.79 Å². The Morgan fingerprint density at radius 1 is 0.432 bits per heavy atom. The predicted octanol–water partition coefficient (Wildman–Crippen LogP) is 5.64. The topological polar surface area (TPSA) is 97.4 Å². The fourth-order valence-corrected chi connectivity index (χ4v) is 4.41. The van der Waals surface area contributed by atoms with Gasteiger partial charge in [0.15, 0.2) is 13.5 Å². The van der Waals surface area contributed by atoms with Crippen molar-refractivity contribution in [2.24, 2.45) is 0 Å². The van der Waals surface area contributed by atoms with Crippen LogP contribution in [0.1, 0.15) is 0 Å². The zero-order chi connectivity index (χ0) is 30.9. The van der Waals surface area contributed by atoms with E-state index in [9.17, 15) is 4.79 Å². The largest absolute Gasteiger partial charge is 0.497 e. The smallest absolute Gasteiger partial charge is 0.331 e. The molecule has 5 rings (SSSR count). The second-order valence-electron chi connectivity index (χ2n) is 9.49. The molecule has 44 heavy (non-hydrogen) atoms. The Balaban J connectivity index is 1.45. The molecule has 11 heteroatoms. The molecule has 11 nitrogen and oxygen atoms in total. The van der Waals surface area contributed by atoms with E-state index < -0.39 is 18.5 Å². The van der Waals surface area contributed by atoms with Gasteiger partial charge in [0.1, 0.15) is 46.0 Å². The fraction of sp³-hybridized carbons (Fsp3) is 0.242. The molecule has 2 atom stereocenters. The van der Waals surface area contributed by atoms with E-state index in [2.05, 4.69) is 0 Å². The van der Waals surface area contributed by atoms with E-state index in [0.29, 0.717) is 46.0 Å². The monoisotopic (exact) mass is 602 g/mol. The molecule has 0 aromatic heterocycles. The van der Waals surface area contributed by atoms with Gasteiger partial charge in [0, 0.05) is 0 Å². The number of rotatable bonds is 14. The van der Waals surface area contributed by atoms with E-state index >= 15 is 0 Å². The van der Waals surface area contributed by atoms with Gasteiger partial charge in [0.2, 0.25) is 12.5 Å². The fourth-order valence-electron chi connectivity index (χ4n) is 4.41. The third kappa shape index (κ3) is 7.12. The van der Waals surface area contributed by atoms with Crippen LogP contribution in [-0.4, -0.2) is 70.2 Å². The highest BCUT2D eigenvalue weighted by Gasteiger charge is 2.50. The maximum absolute atomic E-state index is 14.0. The maximum Gasteiger partial charge on any atom is 0.331 e. The lowest BCUT2D eigenvalue weighted by Gasteiger charge is -2.28. The van der Waals surface area contributed by atoms with Crippen LogP contribution in [0.3, 0.4) is 0 Å². The molecule has 4 aromatic carbocycles. The molecule has 1 aliphatic rings. The number of benzene rings is 4. The summed E-state index contributed by atoms with van der Waals surface area (Å²) in [5.74, 6) is 4.79. The molecule has 0 saturated carbocycles. The number of amides is 2.